The van der Waals surface area contributed by atoms with E-state index < -0.39 is 9.05 Å². The van der Waals surface area contributed by atoms with Gasteiger partial charge in [0.1, 0.15) is 0 Å². The van der Waals surface area contributed by atoms with Crippen molar-refractivity contribution in [2.45, 2.75) is 12.3 Å². The van der Waals surface area contributed by atoms with E-state index in [0.29, 0.717) is 5.56 Å². The molecule has 1 aromatic carbocycles. The molecule has 0 fully saturated rings. The molecule has 0 saturated carbocycles. The van der Waals surface area contributed by atoms with E-state index in [0.717, 1.165) is 12.1 Å². The number of hydrogen-bond acceptors (Lipinski definition) is 3. The van der Waals surface area contributed by atoms with E-state index in [1.54, 1.807) is 12.1 Å². The van der Waals surface area contributed by atoms with Gasteiger partial charge in [0.25, 0.3) is 0 Å². The molecule has 0 bridgehead atoms. The number of nitrogens with zero attached hydrogens (tertiary/aromatic N) is 1. The topological polar surface area (TPSA) is 37.4 Å². The molecule has 0 aromatic heterocycles. The largest absolute Gasteiger partial charge is 0.305 e. The number of halogens is 1. The van der Waals surface area contributed by atoms with Crippen LogP contribution in [0, 0.1) is 0 Å². The highest BCUT2D eigenvalue weighted by Gasteiger charge is 2.06. The van der Waals surface area contributed by atoms with Crippen LogP contribution < -0.4 is 0 Å². The predicted molar refractivity (Wildman–Crippen MR) is 62.3 cm³/mol. The van der Waals surface area contributed by atoms with Crippen LogP contribution in [0.4, 0.5) is 0 Å². The molecule has 0 aliphatic rings. The third-order valence-electron chi connectivity index (χ3n) is 1.86. The van der Waals surface area contributed by atoms with Crippen molar-refractivity contribution < 1.29 is 8.42 Å². The zero-order valence-electron chi connectivity index (χ0n) is 8.77. The summed E-state index contributed by atoms with van der Waals surface area (Å²) >= 11 is 0. The van der Waals surface area contributed by atoms with Crippen molar-refractivity contribution >= 4 is 19.7 Å². The second kappa shape index (κ2) is 4.96. The van der Waals surface area contributed by atoms with Crippen LogP contribution >= 0.6 is 10.7 Å². The first-order valence-electron chi connectivity index (χ1n) is 4.52. The summed E-state index contributed by atoms with van der Waals surface area (Å²) in [7, 11) is 5.67. The molecule has 0 heterocycles. The van der Waals surface area contributed by atoms with Gasteiger partial charge in [-0.1, -0.05) is 24.3 Å². The monoisotopic (exact) mass is 247 g/mol. The Kier molecular flexibility index (Phi) is 4.13. The molecular formula is C10H14ClNO2S. The smallest absolute Gasteiger partial charge is 0.236 e. The van der Waals surface area contributed by atoms with Gasteiger partial charge in [-0.25, -0.2) is 8.42 Å². The molecule has 5 heteroatoms. The Morgan fingerprint density at radius 2 is 1.60 bits per heavy atom. The van der Waals surface area contributed by atoms with Gasteiger partial charge in [0.05, 0.1) is 5.75 Å². The number of rotatable bonds is 4. The minimum Gasteiger partial charge on any atom is -0.305 e. The summed E-state index contributed by atoms with van der Waals surface area (Å²) in [5.41, 5.74) is 1.86. The van der Waals surface area contributed by atoms with Gasteiger partial charge in [-0.2, -0.15) is 0 Å². The summed E-state index contributed by atoms with van der Waals surface area (Å²) in [4.78, 5) is 2.05. The lowest BCUT2D eigenvalue weighted by atomic mass is 10.1. The minimum absolute atomic E-state index is 0.114. The highest BCUT2D eigenvalue weighted by atomic mass is 35.7. The Bertz CT molecular complexity index is 412. The molecule has 15 heavy (non-hydrogen) atoms. The molecule has 0 amide bonds. The first kappa shape index (κ1) is 12.5. The highest BCUT2D eigenvalue weighted by molar-refractivity contribution is 8.13. The van der Waals surface area contributed by atoms with Gasteiger partial charge < -0.3 is 4.90 Å². The molecule has 0 saturated heterocycles. The van der Waals surface area contributed by atoms with Gasteiger partial charge in [-0.3, -0.25) is 0 Å². The van der Waals surface area contributed by atoms with Gasteiger partial charge in [0.2, 0.25) is 9.05 Å². The lowest BCUT2D eigenvalue weighted by Gasteiger charge is -2.09. The summed E-state index contributed by atoms with van der Waals surface area (Å²) in [5, 5.41) is 0. The lowest BCUT2D eigenvalue weighted by molar-refractivity contribution is 0.402. The maximum absolute atomic E-state index is 10.8. The fourth-order valence-electron chi connectivity index (χ4n) is 1.31. The summed E-state index contributed by atoms with van der Waals surface area (Å²) < 4.78 is 21.6. The van der Waals surface area contributed by atoms with Crippen LogP contribution in [0.15, 0.2) is 24.3 Å². The van der Waals surface area contributed by atoms with E-state index in [2.05, 4.69) is 0 Å². The van der Waals surface area contributed by atoms with Gasteiger partial charge >= 0.3 is 0 Å². The van der Waals surface area contributed by atoms with E-state index >= 15 is 0 Å². The summed E-state index contributed by atoms with van der Waals surface area (Å²) in [6, 6.07) is 7.41. The summed E-state index contributed by atoms with van der Waals surface area (Å²) in [6.45, 7) is 0.841. The van der Waals surface area contributed by atoms with Crippen molar-refractivity contribution in [1.29, 1.82) is 0 Å². The Morgan fingerprint density at radius 3 is 2.00 bits per heavy atom. The molecule has 0 aliphatic carbocycles. The molecular weight excluding hydrogens is 234 g/mol. The van der Waals surface area contributed by atoms with E-state index in [-0.39, 0.29) is 5.75 Å². The van der Waals surface area contributed by atoms with Gasteiger partial charge in [0.15, 0.2) is 0 Å². The van der Waals surface area contributed by atoms with Crippen LogP contribution in [0.2, 0.25) is 0 Å². The van der Waals surface area contributed by atoms with Crippen LogP contribution in [0.5, 0.6) is 0 Å². The summed E-state index contributed by atoms with van der Waals surface area (Å²) in [5.74, 6) is -0.114. The van der Waals surface area contributed by atoms with Gasteiger partial charge in [0, 0.05) is 17.2 Å². The molecule has 84 valence electrons. The number of benzene rings is 1. The van der Waals surface area contributed by atoms with E-state index in [1.807, 2.05) is 31.1 Å². The highest BCUT2D eigenvalue weighted by Crippen LogP contribution is 2.11. The van der Waals surface area contributed by atoms with Crippen molar-refractivity contribution in [3.8, 4) is 0 Å². The van der Waals surface area contributed by atoms with Crippen molar-refractivity contribution in [3.63, 3.8) is 0 Å². The maximum atomic E-state index is 10.8. The van der Waals surface area contributed by atoms with Crippen molar-refractivity contribution in [3.05, 3.63) is 35.4 Å². The normalized spacial score (nSPS) is 12.0. The van der Waals surface area contributed by atoms with E-state index in [9.17, 15) is 8.42 Å². The molecule has 0 unspecified atom stereocenters. The standard InChI is InChI=1S/C10H14ClNO2S/c1-12(2)7-9-3-5-10(6-4-9)8-15(11,13)14/h3-6H,7-8H2,1-2H3. The first-order chi connectivity index (χ1) is 6.87. The van der Waals surface area contributed by atoms with Crippen molar-refractivity contribution in [1.82, 2.24) is 4.90 Å². The molecule has 0 spiro atoms. The third kappa shape index (κ3) is 5.16. The Balaban J connectivity index is 2.73. The van der Waals surface area contributed by atoms with Crippen LogP contribution in [-0.2, 0) is 21.3 Å². The van der Waals surface area contributed by atoms with Crippen molar-refractivity contribution in [2.75, 3.05) is 14.1 Å². The van der Waals surface area contributed by atoms with Crippen LogP contribution in [0.1, 0.15) is 11.1 Å². The Labute approximate surface area is 95.1 Å². The van der Waals surface area contributed by atoms with E-state index in [4.69, 9.17) is 10.7 Å². The molecule has 0 aliphatic heterocycles. The molecule has 1 aromatic rings. The zero-order valence-corrected chi connectivity index (χ0v) is 10.3. The number of hydrogen-bond donors (Lipinski definition) is 0. The zero-order chi connectivity index (χ0) is 11.5. The third-order valence-corrected chi connectivity index (χ3v) is 2.87. The fourth-order valence-corrected chi connectivity index (χ4v) is 2.27. The molecule has 1 rings (SSSR count). The van der Waals surface area contributed by atoms with Crippen LogP contribution in [0.25, 0.3) is 0 Å². The Hall–Kier alpha value is -0.580. The summed E-state index contributed by atoms with van der Waals surface area (Å²) in [6.07, 6.45) is 0. The minimum atomic E-state index is -3.45. The average molecular weight is 248 g/mol. The van der Waals surface area contributed by atoms with Gasteiger partial charge in [-0.05, 0) is 25.2 Å². The Morgan fingerprint density at radius 1 is 1.13 bits per heavy atom. The second-order valence-corrected chi connectivity index (χ2v) is 6.51. The first-order valence-corrected chi connectivity index (χ1v) is 6.99. The lowest BCUT2D eigenvalue weighted by Crippen LogP contribution is -2.10. The molecule has 0 radical (unpaired) electrons. The SMILES string of the molecule is CN(C)Cc1ccc(CS(=O)(=O)Cl)cc1. The molecule has 0 N–H and O–H groups in total. The van der Waals surface area contributed by atoms with Crippen molar-refractivity contribution in [2.24, 2.45) is 0 Å². The molecule has 0 atom stereocenters. The second-order valence-electron chi connectivity index (χ2n) is 3.74. The van der Waals surface area contributed by atoms with Gasteiger partial charge in [-0.15, -0.1) is 0 Å². The van der Waals surface area contributed by atoms with Crippen LogP contribution in [-0.4, -0.2) is 27.4 Å². The fraction of sp³-hybridized carbons (Fsp3) is 0.400. The predicted octanol–water partition coefficient (Wildman–Crippen LogP) is 1.82. The molecule has 3 nitrogen and oxygen atoms in total. The average Bonchev–Trinajstić information content (AvgIpc) is 2.05. The quantitative estimate of drug-likeness (QED) is 0.762. The van der Waals surface area contributed by atoms with E-state index in [1.165, 1.54) is 0 Å². The van der Waals surface area contributed by atoms with Crippen LogP contribution in [0.3, 0.4) is 0 Å². The maximum Gasteiger partial charge on any atom is 0.236 e.